The van der Waals surface area contributed by atoms with E-state index >= 15 is 0 Å². The zero-order chi connectivity index (χ0) is 14.9. The summed E-state index contributed by atoms with van der Waals surface area (Å²) in [5.74, 6) is -1.16. The van der Waals surface area contributed by atoms with Crippen LogP contribution in [0.5, 0.6) is 0 Å². The van der Waals surface area contributed by atoms with Gasteiger partial charge in [-0.05, 0) is 12.1 Å². The van der Waals surface area contributed by atoms with Crippen molar-refractivity contribution in [3.63, 3.8) is 0 Å². The van der Waals surface area contributed by atoms with Gasteiger partial charge in [-0.25, -0.2) is 0 Å². The highest BCUT2D eigenvalue weighted by Crippen LogP contribution is 2.12. The van der Waals surface area contributed by atoms with E-state index in [1.165, 1.54) is 7.05 Å². The Morgan fingerprint density at radius 3 is 2.60 bits per heavy atom. The highest BCUT2D eigenvalue weighted by Gasteiger charge is 2.36. The standard InChI is InChI=1S/C13H13N3O3S/c1-16-10(17)6-9(13(16)19)15-12(18)8-4-2-3-7(5-8)11(14)20/h2-5,9H,6H2,1H3,(H2,14,20)(H,15,18). The second kappa shape index (κ2) is 5.38. The SMILES string of the molecule is CN1C(=O)CC(NC(=O)c2cccc(C(N)=S)c2)C1=O. The number of carbonyl (C=O) groups excluding carboxylic acids is 3. The third-order valence-corrected chi connectivity index (χ3v) is 3.33. The van der Waals surface area contributed by atoms with Crippen LogP contribution in [0.2, 0.25) is 0 Å². The summed E-state index contributed by atoms with van der Waals surface area (Å²) >= 11 is 4.84. The van der Waals surface area contributed by atoms with E-state index in [0.29, 0.717) is 11.1 Å². The van der Waals surface area contributed by atoms with E-state index in [9.17, 15) is 14.4 Å². The molecule has 0 aromatic heterocycles. The Morgan fingerprint density at radius 1 is 1.40 bits per heavy atom. The number of imide groups is 1. The topological polar surface area (TPSA) is 92.5 Å². The van der Waals surface area contributed by atoms with Gasteiger partial charge in [-0.15, -0.1) is 0 Å². The lowest BCUT2D eigenvalue weighted by molar-refractivity contribution is -0.137. The minimum absolute atomic E-state index is 0.0178. The summed E-state index contributed by atoms with van der Waals surface area (Å²) in [6, 6.07) is 5.66. The Balaban J connectivity index is 2.13. The molecule has 1 atom stereocenters. The van der Waals surface area contributed by atoms with Crippen LogP contribution >= 0.6 is 12.2 Å². The summed E-state index contributed by atoms with van der Waals surface area (Å²) in [6.45, 7) is 0. The van der Waals surface area contributed by atoms with Crippen molar-refractivity contribution >= 4 is 34.9 Å². The largest absolute Gasteiger partial charge is 0.389 e. The highest BCUT2D eigenvalue weighted by atomic mass is 32.1. The van der Waals surface area contributed by atoms with Gasteiger partial charge in [0.25, 0.3) is 11.8 Å². The Morgan fingerprint density at radius 2 is 2.05 bits per heavy atom. The van der Waals surface area contributed by atoms with E-state index in [1.807, 2.05) is 0 Å². The Bertz CT molecular complexity index is 615. The lowest BCUT2D eigenvalue weighted by Gasteiger charge is -2.11. The molecule has 0 spiro atoms. The van der Waals surface area contributed by atoms with Gasteiger partial charge in [0.1, 0.15) is 11.0 Å². The van der Waals surface area contributed by atoms with Crippen molar-refractivity contribution in [1.29, 1.82) is 0 Å². The van der Waals surface area contributed by atoms with E-state index in [1.54, 1.807) is 24.3 Å². The monoisotopic (exact) mass is 291 g/mol. The minimum atomic E-state index is -0.812. The molecular weight excluding hydrogens is 278 g/mol. The number of likely N-dealkylation sites (tertiary alicyclic amines) is 1. The molecule has 1 saturated heterocycles. The van der Waals surface area contributed by atoms with Crippen molar-refractivity contribution in [3.05, 3.63) is 35.4 Å². The molecule has 6 nitrogen and oxygen atoms in total. The van der Waals surface area contributed by atoms with E-state index in [-0.39, 0.29) is 17.3 Å². The maximum atomic E-state index is 12.1. The van der Waals surface area contributed by atoms with Crippen LogP contribution in [0, 0.1) is 0 Å². The molecule has 0 radical (unpaired) electrons. The molecule has 3 N–H and O–H groups in total. The van der Waals surface area contributed by atoms with Gasteiger partial charge in [0.15, 0.2) is 0 Å². The first-order valence-corrected chi connectivity index (χ1v) is 6.32. The molecule has 1 aromatic rings. The van der Waals surface area contributed by atoms with Crippen LogP contribution in [-0.2, 0) is 9.59 Å². The first-order valence-electron chi connectivity index (χ1n) is 5.91. The summed E-state index contributed by atoms with van der Waals surface area (Å²) in [6.07, 6.45) is -0.0178. The molecule has 0 saturated carbocycles. The lowest BCUT2D eigenvalue weighted by Crippen LogP contribution is -2.40. The number of rotatable bonds is 3. The number of nitrogens with zero attached hydrogens (tertiary/aromatic N) is 1. The number of thiocarbonyl (C=S) groups is 1. The van der Waals surface area contributed by atoms with Crippen LogP contribution in [-0.4, -0.2) is 40.7 Å². The van der Waals surface area contributed by atoms with Crippen molar-refractivity contribution in [2.24, 2.45) is 5.73 Å². The van der Waals surface area contributed by atoms with Gasteiger partial charge in [-0.2, -0.15) is 0 Å². The zero-order valence-electron chi connectivity index (χ0n) is 10.8. The normalized spacial score (nSPS) is 18.2. The van der Waals surface area contributed by atoms with Crippen LogP contribution in [0.15, 0.2) is 24.3 Å². The van der Waals surface area contributed by atoms with Gasteiger partial charge in [-0.3, -0.25) is 19.3 Å². The smallest absolute Gasteiger partial charge is 0.252 e. The van der Waals surface area contributed by atoms with Crippen LogP contribution in [0.4, 0.5) is 0 Å². The number of nitrogens with one attached hydrogen (secondary N) is 1. The molecule has 7 heteroatoms. The third kappa shape index (κ3) is 2.67. The second-order valence-electron chi connectivity index (χ2n) is 4.47. The first-order chi connectivity index (χ1) is 9.40. The average molecular weight is 291 g/mol. The highest BCUT2D eigenvalue weighted by molar-refractivity contribution is 7.80. The van der Waals surface area contributed by atoms with E-state index in [2.05, 4.69) is 5.32 Å². The molecule has 1 aliphatic rings. The van der Waals surface area contributed by atoms with Gasteiger partial charge in [0.2, 0.25) is 5.91 Å². The Labute approximate surface area is 120 Å². The fraction of sp³-hybridized carbons (Fsp3) is 0.231. The Hall–Kier alpha value is -2.28. The predicted octanol–water partition coefficient (Wildman–Crippen LogP) is -0.192. The van der Waals surface area contributed by atoms with Gasteiger partial charge in [0.05, 0.1) is 6.42 Å². The van der Waals surface area contributed by atoms with Gasteiger partial charge in [0, 0.05) is 18.2 Å². The quantitative estimate of drug-likeness (QED) is 0.595. The van der Waals surface area contributed by atoms with Gasteiger partial charge < -0.3 is 11.1 Å². The van der Waals surface area contributed by atoms with Crippen molar-refractivity contribution in [2.75, 3.05) is 7.05 Å². The fourth-order valence-electron chi connectivity index (χ4n) is 1.92. The number of hydrogen-bond donors (Lipinski definition) is 2. The van der Waals surface area contributed by atoms with E-state index < -0.39 is 17.9 Å². The predicted molar refractivity (Wildman–Crippen MR) is 76.0 cm³/mol. The number of amides is 3. The van der Waals surface area contributed by atoms with Crippen molar-refractivity contribution < 1.29 is 14.4 Å². The van der Waals surface area contributed by atoms with Gasteiger partial charge in [-0.1, -0.05) is 24.4 Å². The van der Waals surface area contributed by atoms with Crippen molar-refractivity contribution in [3.8, 4) is 0 Å². The minimum Gasteiger partial charge on any atom is -0.389 e. The van der Waals surface area contributed by atoms with Gasteiger partial charge >= 0.3 is 0 Å². The number of likely N-dealkylation sites (N-methyl/N-ethyl adjacent to an activating group) is 1. The Kier molecular flexibility index (Phi) is 3.80. The second-order valence-corrected chi connectivity index (χ2v) is 4.91. The molecule has 1 aliphatic heterocycles. The summed E-state index contributed by atoms with van der Waals surface area (Å²) in [7, 11) is 1.39. The number of nitrogens with two attached hydrogens (primary N) is 1. The summed E-state index contributed by atoms with van der Waals surface area (Å²) in [4.78, 5) is 36.3. The molecule has 0 aliphatic carbocycles. The molecule has 20 heavy (non-hydrogen) atoms. The molecule has 1 unspecified atom stereocenters. The number of carbonyl (C=O) groups is 3. The van der Waals surface area contributed by atoms with Crippen molar-refractivity contribution in [1.82, 2.24) is 10.2 Å². The molecule has 1 heterocycles. The molecule has 1 aromatic carbocycles. The van der Waals surface area contributed by atoms with Crippen LogP contribution in [0.25, 0.3) is 0 Å². The zero-order valence-corrected chi connectivity index (χ0v) is 11.6. The summed E-state index contributed by atoms with van der Waals surface area (Å²) in [5, 5.41) is 2.54. The van der Waals surface area contributed by atoms with Crippen LogP contribution in [0.1, 0.15) is 22.3 Å². The molecule has 3 amide bonds. The first kappa shape index (κ1) is 14.1. The molecule has 1 fully saturated rings. The third-order valence-electron chi connectivity index (χ3n) is 3.10. The molecular formula is C13H13N3O3S. The van der Waals surface area contributed by atoms with Crippen LogP contribution < -0.4 is 11.1 Å². The van der Waals surface area contributed by atoms with Crippen molar-refractivity contribution in [2.45, 2.75) is 12.5 Å². The number of benzene rings is 1. The fourth-order valence-corrected chi connectivity index (χ4v) is 2.05. The average Bonchev–Trinajstić information content (AvgIpc) is 2.66. The molecule has 0 bridgehead atoms. The maximum absolute atomic E-state index is 12.1. The molecule has 2 rings (SSSR count). The van der Waals surface area contributed by atoms with E-state index in [0.717, 1.165) is 4.90 Å². The summed E-state index contributed by atoms with van der Waals surface area (Å²) < 4.78 is 0. The molecule has 104 valence electrons. The summed E-state index contributed by atoms with van der Waals surface area (Å²) in [5.41, 5.74) is 6.41. The van der Waals surface area contributed by atoms with Crippen LogP contribution in [0.3, 0.4) is 0 Å². The lowest BCUT2D eigenvalue weighted by atomic mass is 10.1. The van der Waals surface area contributed by atoms with E-state index in [4.69, 9.17) is 18.0 Å². The number of hydrogen-bond acceptors (Lipinski definition) is 4. The maximum Gasteiger partial charge on any atom is 0.252 e.